The molecule has 1 amide bonds. The molecule has 1 atom stereocenters. The van der Waals surface area contributed by atoms with Crippen LogP contribution in [-0.2, 0) is 11.2 Å². The molecule has 4 nitrogen and oxygen atoms in total. The highest BCUT2D eigenvalue weighted by Gasteiger charge is 2.17. The fourth-order valence-electron chi connectivity index (χ4n) is 2.11. The number of carbonyl (C=O) groups excluding carboxylic acids is 1. The van der Waals surface area contributed by atoms with Gasteiger partial charge in [-0.25, -0.2) is 0 Å². The van der Waals surface area contributed by atoms with Crippen molar-refractivity contribution in [2.75, 3.05) is 20.2 Å². The second kappa shape index (κ2) is 6.20. The number of methoxy groups -OCH3 is 1. The van der Waals surface area contributed by atoms with Crippen molar-refractivity contribution < 1.29 is 9.53 Å². The molecule has 0 saturated carbocycles. The Kier molecular flexibility index (Phi) is 4.60. The van der Waals surface area contributed by atoms with Crippen LogP contribution in [0.15, 0.2) is 22.7 Å². The molecule has 1 aliphatic rings. The lowest BCUT2D eigenvalue weighted by atomic mass is 10.1. The summed E-state index contributed by atoms with van der Waals surface area (Å²) in [6.07, 6.45) is 1.35. The number of nitrogens with one attached hydrogen (secondary N) is 2. The second-order valence-electron chi connectivity index (χ2n) is 4.39. The van der Waals surface area contributed by atoms with E-state index in [9.17, 15) is 4.79 Å². The van der Waals surface area contributed by atoms with Crippen molar-refractivity contribution in [3.63, 3.8) is 0 Å². The number of benzene rings is 1. The largest absolute Gasteiger partial charge is 0.496 e. The Bertz CT molecular complexity index is 431. The highest BCUT2D eigenvalue weighted by Crippen LogP contribution is 2.23. The van der Waals surface area contributed by atoms with Crippen molar-refractivity contribution in [3.8, 4) is 5.75 Å². The molecule has 0 radical (unpaired) electrons. The van der Waals surface area contributed by atoms with E-state index in [1.54, 1.807) is 7.11 Å². The van der Waals surface area contributed by atoms with Gasteiger partial charge in [-0.3, -0.25) is 4.79 Å². The third kappa shape index (κ3) is 3.46. The lowest BCUT2D eigenvalue weighted by Crippen LogP contribution is -2.37. The summed E-state index contributed by atoms with van der Waals surface area (Å²) in [5.41, 5.74) is 0.898. The van der Waals surface area contributed by atoms with Gasteiger partial charge >= 0.3 is 0 Å². The smallest absolute Gasteiger partial charge is 0.224 e. The van der Waals surface area contributed by atoms with Crippen molar-refractivity contribution in [1.82, 2.24) is 10.6 Å². The van der Waals surface area contributed by atoms with Crippen LogP contribution in [0.4, 0.5) is 0 Å². The van der Waals surface area contributed by atoms with E-state index in [-0.39, 0.29) is 11.9 Å². The first-order valence-electron chi connectivity index (χ1n) is 6.01. The van der Waals surface area contributed by atoms with Gasteiger partial charge in [0.2, 0.25) is 5.91 Å². The molecule has 1 heterocycles. The number of hydrogen-bond acceptors (Lipinski definition) is 3. The maximum absolute atomic E-state index is 11.9. The first kappa shape index (κ1) is 13.4. The molecule has 0 aliphatic carbocycles. The monoisotopic (exact) mass is 312 g/mol. The van der Waals surface area contributed by atoms with Gasteiger partial charge in [0.15, 0.2) is 0 Å². The van der Waals surface area contributed by atoms with Crippen LogP contribution < -0.4 is 15.4 Å². The van der Waals surface area contributed by atoms with Gasteiger partial charge in [-0.15, -0.1) is 0 Å². The van der Waals surface area contributed by atoms with Crippen LogP contribution >= 0.6 is 15.9 Å². The molecule has 18 heavy (non-hydrogen) atoms. The van der Waals surface area contributed by atoms with E-state index < -0.39 is 0 Å². The summed E-state index contributed by atoms with van der Waals surface area (Å²) in [5, 5.41) is 6.25. The first-order chi connectivity index (χ1) is 8.69. The second-order valence-corrected chi connectivity index (χ2v) is 5.31. The van der Waals surface area contributed by atoms with E-state index >= 15 is 0 Å². The van der Waals surface area contributed by atoms with Gasteiger partial charge < -0.3 is 15.4 Å². The fourth-order valence-corrected chi connectivity index (χ4v) is 2.52. The van der Waals surface area contributed by atoms with Crippen molar-refractivity contribution in [3.05, 3.63) is 28.2 Å². The number of hydrogen-bond donors (Lipinski definition) is 2. The summed E-state index contributed by atoms with van der Waals surface area (Å²) in [6.45, 7) is 1.84. The standard InChI is InChI=1S/C13H17BrN2O2/c1-18-12-3-2-10(14)6-9(12)7-13(17)16-11-4-5-15-8-11/h2-3,6,11,15H,4-5,7-8H2,1H3,(H,16,17). The van der Waals surface area contributed by atoms with Gasteiger partial charge in [0.1, 0.15) is 5.75 Å². The number of amides is 1. The molecule has 2 rings (SSSR count). The summed E-state index contributed by atoms with van der Waals surface area (Å²) >= 11 is 3.41. The van der Waals surface area contributed by atoms with E-state index in [2.05, 4.69) is 26.6 Å². The number of halogens is 1. The van der Waals surface area contributed by atoms with Gasteiger partial charge in [0, 0.05) is 22.6 Å². The van der Waals surface area contributed by atoms with Crippen molar-refractivity contribution in [2.45, 2.75) is 18.9 Å². The fraction of sp³-hybridized carbons (Fsp3) is 0.462. The van der Waals surface area contributed by atoms with E-state index in [0.29, 0.717) is 6.42 Å². The predicted octanol–water partition coefficient (Wildman–Crippen LogP) is 1.48. The minimum Gasteiger partial charge on any atom is -0.496 e. The summed E-state index contributed by atoms with van der Waals surface area (Å²) in [7, 11) is 1.62. The third-order valence-corrected chi connectivity index (χ3v) is 3.51. The van der Waals surface area contributed by atoms with Crippen LogP contribution in [0.25, 0.3) is 0 Å². The summed E-state index contributed by atoms with van der Waals surface area (Å²) in [4.78, 5) is 11.9. The predicted molar refractivity (Wildman–Crippen MR) is 73.8 cm³/mol. The van der Waals surface area contributed by atoms with Crippen LogP contribution in [-0.4, -0.2) is 32.1 Å². The molecule has 1 aliphatic heterocycles. The molecule has 1 unspecified atom stereocenters. The quantitative estimate of drug-likeness (QED) is 0.885. The van der Waals surface area contributed by atoms with E-state index in [4.69, 9.17) is 4.74 Å². The summed E-state index contributed by atoms with van der Waals surface area (Å²) in [5.74, 6) is 0.790. The third-order valence-electron chi connectivity index (χ3n) is 3.02. The molecular formula is C13H17BrN2O2. The highest BCUT2D eigenvalue weighted by molar-refractivity contribution is 9.10. The number of rotatable bonds is 4. The Morgan fingerprint density at radius 3 is 3.11 bits per heavy atom. The Morgan fingerprint density at radius 2 is 2.44 bits per heavy atom. The first-order valence-corrected chi connectivity index (χ1v) is 6.81. The molecule has 2 N–H and O–H groups in total. The van der Waals surface area contributed by atoms with Crippen LogP contribution in [0.2, 0.25) is 0 Å². The van der Waals surface area contributed by atoms with Crippen LogP contribution in [0.5, 0.6) is 5.75 Å². The topological polar surface area (TPSA) is 50.4 Å². The average molecular weight is 313 g/mol. The Hall–Kier alpha value is -1.07. The number of ether oxygens (including phenoxy) is 1. The maximum atomic E-state index is 11.9. The minimum absolute atomic E-state index is 0.0418. The molecule has 1 fully saturated rings. The normalized spacial score (nSPS) is 18.7. The van der Waals surface area contributed by atoms with E-state index in [1.165, 1.54) is 0 Å². The maximum Gasteiger partial charge on any atom is 0.224 e. The highest BCUT2D eigenvalue weighted by atomic mass is 79.9. The van der Waals surface area contributed by atoms with Gasteiger partial charge in [-0.05, 0) is 31.2 Å². The van der Waals surface area contributed by atoms with Crippen LogP contribution in [0, 0.1) is 0 Å². The molecule has 1 aromatic carbocycles. The average Bonchev–Trinajstić information content (AvgIpc) is 2.82. The summed E-state index contributed by atoms with van der Waals surface area (Å²) < 4.78 is 6.21. The van der Waals surface area contributed by atoms with Gasteiger partial charge in [-0.1, -0.05) is 15.9 Å². The SMILES string of the molecule is COc1ccc(Br)cc1CC(=O)NC1CCNC1. The van der Waals surface area contributed by atoms with E-state index in [1.807, 2.05) is 18.2 Å². The van der Waals surface area contributed by atoms with Gasteiger partial charge in [-0.2, -0.15) is 0 Å². The molecule has 98 valence electrons. The molecule has 0 spiro atoms. The molecule has 0 aromatic heterocycles. The zero-order valence-corrected chi connectivity index (χ0v) is 11.9. The lowest BCUT2D eigenvalue weighted by Gasteiger charge is -2.13. The van der Waals surface area contributed by atoms with Gasteiger partial charge in [0.05, 0.1) is 13.5 Å². The van der Waals surface area contributed by atoms with Gasteiger partial charge in [0.25, 0.3) is 0 Å². The molecule has 5 heteroatoms. The van der Waals surface area contributed by atoms with Crippen molar-refractivity contribution in [1.29, 1.82) is 0 Å². The molecule has 1 saturated heterocycles. The van der Waals surface area contributed by atoms with Crippen molar-refractivity contribution in [2.24, 2.45) is 0 Å². The zero-order valence-electron chi connectivity index (χ0n) is 10.3. The Labute approximate surface area is 115 Å². The zero-order chi connectivity index (χ0) is 13.0. The van der Waals surface area contributed by atoms with Crippen LogP contribution in [0.1, 0.15) is 12.0 Å². The number of carbonyl (C=O) groups is 1. The molecule has 0 bridgehead atoms. The Morgan fingerprint density at radius 1 is 1.61 bits per heavy atom. The lowest BCUT2D eigenvalue weighted by molar-refractivity contribution is -0.121. The molecule has 1 aromatic rings. The minimum atomic E-state index is 0.0418. The van der Waals surface area contributed by atoms with Crippen molar-refractivity contribution >= 4 is 21.8 Å². The summed E-state index contributed by atoms with van der Waals surface area (Å²) in [6, 6.07) is 5.95. The van der Waals surface area contributed by atoms with Crippen LogP contribution in [0.3, 0.4) is 0 Å². The van der Waals surface area contributed by atoms with E-state index in [0.717, 1.165) is 35.3 Å². The molecular weight excluding hydrogens is 296 g/mol. The Balaban J connectivity index is 1.99.